The van der Waals surface area contributed by atoms with Gasteiger partial charge in [-0.1, -0.05) is 0 Å². The van der Waals surface area contributed by atoms with Crippen LogP contribution in [0.25, 0.3) is 0 Å². The van der Waals surface area contributed by atoms with Gasteiger partial charge in [0.15, 0.2) is 17.4 Å². The van der Waals surface area contributed by atoms with Crippen molar-refractivity contribution in [2.24, 2.45) is 0 Å². The molecule has 59 valence electrons. The molecule has 1 aromatic rings. The van der Waals surface area contributed by atoms with Crippen molar-refractivity contribution < 1.29 is 17.9 Å². The van der Waals surface area contributed by atoms with Crippen LogP contribution in [0.3, 0.4) is 0 Å². The lowest BCUT2D eigenvalue weighted by Crippen LogP contribution is -1.95. The van der Waals surface area contributed by atoms with E-state index in [1.54, 1.807) is 6.07 Å². The maximum atomic E-state index is 12.5. The summed E-state index contributed by atoms with van der Waals surface area (Å²) in [5.41, 5.74) is 0. The number of halogens is 3. The summed E-state index contributed by atoms with van der Waals surface area (Å²) in [6.07, 6.45) is 0. The van der Waals surface area contributed by atoms with Crippen molar-refractivity contribution in [3.8, 4) is 5.75 Å². The van der Waals surface area contributed by atoms with E-state index >= 15 is 0 Å². The highest BCUT2D eigenvalue weighted by Gasteiger charge is 2.13. The summed E-state index contributed by atoms with van der Waals surface area (Å²) < 4.78 is 41.5. The average molecular weight is 161 g/mol. The normalized spacial score (nSPS) is 9.82. The van der Waals surface area contributed by atoms with Gasteiger partial charge in [0.2, 0.25) is 5.82 Å². The lowest BCUT2D eigenvalue weighted by Gasteiger charge is -2.01. The highest BCUT2D eigenvalue weighted by molar-refractivity contribution is 5.26. The van der Waals surface area contributed by atoms with Crippen LogP contribution in [-0.4, -0.2) is 7.11 Å². The second-order valence-electron chi connectivity index (χ2n) is 1.80. The van der Waals surface area contributed by atoms with E-state index in [4.69, 9.17) is 0 Å². The van der Waals surface area contributed by atoms with Gasteiger partial charge in [-0.15, -0.1) is 0 Å². The summed E-state index contributed by atoms with van der Waals surface area (Å²) in [4.78, 5) is 0. The fourth-order valence-corrected chi connectivity index (χ4v) is 0.647. The Balaban J connectivity index is 3.29. The molecule has 0 aliphatic rings. The molecule has 0 spiro atoms. The van der Waals surface area contributed by atoms with Gasteiger partial charge in [0.05, 0.1) is 7.11 Å². The molecule has 0 aliphatic carbocycles. The molecule has 0 saturated heterocycles. The minimum absolute atomic E-state index is 0.678. The molecule has 0 unspecified atom stereocenters. The van der Waals surface area contributed by atoms with Crippen LogP contribution in [0, 0.1) is 23.5 Å². The molecular weight excluding hydrogens is 157 g/mol. The minimum Gasteiger partial charge on any atom is -0.491 e. The van der Waals surface area contributed by atoms with Crippen LogP contribution in [0.1, 0.15) is 0 Å². The van der Waals surface area contributed by atoms with Crippen LogP contribution < -0.4 is 4.74 Å². The Morgan fingerprint density at radius 2 is 2.00 bits per heavy atom. The maximum absolute atomic E-state index is 12.5. The largest absolute Gasteiger partial charge is 0.491 e. The second kappa shape index (κ2) is 2.82. The second-order valence-corrected chi connectivity index (χ2v) is 1.80. The molecule has 1 nitrogen and oxygen atoms in total. The lowest BCUT2D eigenvalue weighted by molar-refractivity contribution is 0.346. The van der Waals surface area contributed by atoms with E-state index in [1.807, 2.05) is 0 Å². The zero-order chi connectivity index (χ0) is 8.43. The molecule has 0 amide bonds. The van der Waals surface area contributed by atoms with Gasteiger partial charge in [0, 0.05) is 6.07 Å². The van der Waals surface area contributed by atoms with Crippen LogP contribution in [0.4, 0.5) is 13.2 Å². The Bertz CT molecular complexity index is 273. The van der Waals surface area contributed by atoms with Gasteiger partial charge in [-0.05, 0) is 6.07 Å². The quantitative estimate of drug-likeness (QED) is 0.571. The Kier molecular flexibility index (Phi) is 2.03. The number of hydrogen-bond donors (Lipinski definition) is 0. The van der Waals surface area contributed by atoms with E-state index in [0.717, 1.165) is 7.11 Å². The van der Waals surface area contributed by atoms with Gasteiger partial charge in [-0.25, -0.2) is 8.78 Å². The van der Waals surface area contributed by atoms with E-state index in [9.17, 15) is 13.2 Å². The third-order valence-electron chi connectivity index (χ3n) is 1.14. The molecule has 0 saturated carbocycles. The third-order valence-corrected chi connectivity index (χ3v) is 1.14. The zero-order valence-electron chi connectivity index (χ0n) is 5.62. The molecule has 0 aromatic heterocycles. The molecule has 11 heavy (non-hydrogen) atoms. The summed E-state index contributed by atoms with van der Waals surface area (Å²) in [6.45, 7) is 0. The van der Waals surface area contributed by atoms with Crippen molar-refractivity contribution in [1.29, 1.82) is 0 Å². The predicted octanol–water partition coefficient (Wildman–Crippen LogP) is 1.91. The van der Waals surface area contributed by atoms with Crippen molar-refractivity contribution in [3.05, 3.63) is 29.6 Å². The molecule has 0 N–H and O–H groups in total. The number of benzene rings is 1. The maximum Gasteiger partial charge on any atom is 0.204 e. The molecule has 1 aromatic carbocycles. The van der Waals surface area contributed by atoms with E-state index in [0.29, 0.717) is 6.07 Å². The summed E-state index contributed by atoms with van der Waals surface area (Å²) >= 11 is 0. The highest BCUT2D eigenvalue weighted by atomic mass is 19.2. The molecule has 0 fully saturated rings. The Morgan fingerprint density at radius 1 is 1.36 bits per heavy atom. The first-order valence-corrected chi connectivity index (χ1v) is 2.76. The van der Waals surface area contributed by atoms with E-state index in [-0.39, 0.29) is 0 Å². The molecule has 0 atom stereocenters. The fourth-order valence-electron chi connectivity index (χ4n) is 0.647. The molecule has 0 heterocycles. The molecule has 4 heteroatoms. The van der Waals surface area contributed by atoms with Gasteiger partial charge < -0.3 is 4.74 Å². The van der Waals surface area contributed by atoms with Crippen LogP contribution in [0.15, 0.2) is 6.07 Å². The van der Waals surface area contributed by atoms with Crippen molar-refractivity contribution in [3.63, 3.8) is 0 Å². The first kappa shape index (κ1) is 7.91. The van der Waals surface area contributed by atoms with Crippen LogP contribution >= 0.6 is 0 Å². The van der Waals surface area contributed by atoms with Gasteiger partial charge in [0.1, 0.15) is 0 Å². The van der Waals surface area contributed by atoms with Crippen molar-refractivity contribution in [2.75, 3.05) is 7.11 Å². The summed E-state index contributed by atoms with van der Waals surface area (Å²) in [6, 6.07) is 2.42. The Labute approximate surface area is 61.4 Å². The van der Waals surface area contributed by atoms with E-state index in [2.05, 4.69) is 4.74 Å². The van der Waals surface area contributed by atoms with Crippen LogP contribution in [-0.2, 0) is 0 Å². The third kappa shape index (κ3) is 1.29. The Morgan fingerprint density at radius 3 is 2.45 bits per heavy atom. The summed E-state index contributed by atoms with van der Waals surface area (Å²) in [5, 5.41) is 0. The number of ether oxygens (including phenoxy) is 1. The first-order valence-electron chi connectivity index (χ1n) is 2.76. The van der Waals surface area contributed by atoms with Crippen molar-refractivity contribution >= 4 is 0 Å². The first-order chi connectivity index (χ1) is 5.16. The van der Waals surface area contributed by atoms with Crippen molar-refractivity contribution in [2.45, 2.75) is 0 Å². The van der Waals surface area contributed by atoms with E-state index in [1.165, 1.54) is 0 Å². The number of methoxy groups -OCH3 is 1. The monoisotopic (exact) mass is 161 g/mol. The van der Waals surface area contributed by atoms with Gasteiger partial charge in [-0.3, -0.25) is 0 Å². The summed E-state index contributed by atoms with van der Waals surface area (Å²) in [5.74, 6) is -4.29. The SMILES string of the molecule is COc1c(F)c[c]c(F)c1F. The lowest BCUT2D eigenvalue weighted by atomic mass is 10.3. The van der Waals surface area contributed by atoms with Crippen molar-refractivity contribution in [1.82, 2.24) is 0 Å². The minimum atomic E-state index is -1.35. The molecule has 0 aliphatic heterocycles. The van der Waals surface area contributed by atoms with E-state index < -0.39 is 23.2 Å². The topological polar surface area (TPSA) is 9.23 Å². The average Bonchev–Trinajstić information content (AvgIpc) is 1.99. The predicted molar refractivity (Wildman–Crippen MR) is 31.7 cm³/mol. The Hall–Kier alpha value is -1.19. The fraction of sp³-hybridized carbons (Fsp3) is 0.143. The zero-order valence-corrected chi connectivity index (χ0v) is 5.62. The number of hydrogen-bond acceptors (Lipinski definition) is 1. The number of rotatable bonds is 1. The highest BCUT2D eigenvalue weighted by Crippen LogP contribution is 2.22. The van der Waals surface area contributed by atoms with Crippen LogP contribution in [0.2, 0.25) is 0 Å². The standard InChI is InChI=1S/C7H4F3O/c1-11-7-5(9)3-2-4(8)6(7)10/h3H,1H3. The summed E-state index contributed by atoms with van der Waals surface area (Å²) in [7, 11) is 1.06. The smallest absolute Gasteiger partial charge is 0.204 e. The van der Waals surface area contributed by atoms with Gasteiger partial charge >= 0.3 is 0 Å². The molecule has 1 radical (unpaired) electrons. The van der Waals surface area contributed by atoms with Gasteiger partial charge in [-0.2, -0.15) is 4.39 Å². The van der Waals surface area contributed by atoms with Gasteiger partial charge in [0.25, 0.3) is 0 Å². The molecule has 1 rings (SSSR count). The molecule has 0 bridgehead atoms. The van der Waals surface area contributed by atoms with Crippen LogP contribution in [0.5, 0.6) is 5.75 Å². The molecular formula is C7H4F3O.